The molecule has 0 saturated heterocycles. The van der Waals surface area contributed by atoms with E-state index in [0.717, 1.165) is 6.20 Å². The molecular weight excluding hydrogens is 203 g/mol. The summed E-state index contributed by atoms with van der Waals surface area (Å²) in [5, 5.41) is 2.29. The number of hydrogen-bond acceptors (Lipinski definition) is 3. The maximum absolute atomic E-state index is 13.0. The third kappa shape index (κ3) is 2.70. The largest absolute Gasteiger partial charge is 0.323 e. The van der Waals surface area contributed by atoms with Crippen LogP contribution < -0.4 is 5.32 Å². The van der Waals surface area contributed by atoms with Crippen molar-refractivity contribution in [2.75, 3.05) is 11.6 Å². The van der Waals surface area contributed by atoms with Crippen molar-refractivity contribution >= 4 is 23.4 Å². The first-order chi connectivity index (χ1) is 6.65. The molecule has 0 saturated carbocycles. The number of hydrogen-bond donors (Lipinski definition) is 1. The van der Waals surface area contributed by atoms with Gasteiger partial charge in [-0.05, 0) is 19.2 Å². The number of halogens is 1. The van der Waals surface area contributed by atoms with E-state index in [4.69, 9.17) is 0 Å². The van der Waals surface area contributed by atoms with Crippen molar-refractivity contribution in [2.45, 2.75) is 12.2 Å². The number of rotatable bonds is 3. The van der Waals surface area contributed by atoms with Crippen LogP contribution in [0, 0.1) is 5.82 Å². The van der Waals surface area contributed by atoms with Gasteiger partial charge < -0.3 is 5.32 Å². The molecule has 0 bridgehead atoms. The van der Waals surface area contributed by atoms with Crippen LogP contribution >= 0.6 is 11.8 Å². The second kappa shape index (κ2) is 4.95. The zero-order valence-corrected chi connectivity index (χ0v) is 8.77. The van der Waals surface area contributed by atoms with Crippen molar-refractivity contribution in [1.29, 1.82) is 0 Å². The second-order valence-corrected chi connectivity index (χ2v) is 3.90. The van der Waals surface area contributed by atoms with Gasteiger partial charge in [-0.3, -0.25) is 9.78 Å². The van der Waals surface area contributed by atoms with Gasteiger partial charge in [0.1, 0.15) is 0 Å². The summed E-state index contributed by atoms with van der Waals surface area (Å²) in [6, 6.07) is 1.43. The molecule has 14 heavy (non-hydrogen) atoms. The van der Waals surface area contributed by atoms with E-state index in [2.05, 4.69) is 10.3 Å². The predicted octanol–water partition coefficient (Wildman–Crippen LogP) is 1.91. The van der Waals surface area contributed by atoms with Crippen molar-refractivity contribution in [3.8, 4) is 0 Å². The lowest BCUT2D eigenvalue weighted by Crippen LogP contribution is -2.22. The first kappa shape index (κ1) is 11.0. The molecule has 1 heterocycles. The SMILES string of the molecule is CSC(C)C(=O)Nc1ccncc1F. The van der Waals surface area contributed by atoms with Crippen molar-refractivity contribution in [1.82, 2.24) is 4.98 Å². The zero-order valence-electron chi connectivity index (χ0n) is 7.95. The molecule has 76 valence electrons. The van der Waals surface area contributed by atoms with Crippen molar-refractivity contribution in [3.05, 3.63) is 24.3 Å². The third-order valence-electron chi connectivity index (χ3n) is 1.75. The number of nitrogens with zero attached hydrogens (tertiary/aromatic N) is 1. The van der Waals surface area contributed by atoms with E-state index in [0.29, 0.717) is 0 Å². The minimum Gasteiger partial charge on any atom is -0.323 e. The summed E-state index contributed by atoms with van der Waals surface area (Å²) in [5.74, 6) is -0.725. The zero-order chi connectivity index (χ0) is 10.6. The van der Waals surface area contributed by atoms with Crippen molar-refractivity contribution in [2.24, 2.45) is 0 Å². The molecular formula is C9H11FN2OS. The molecule has 1 aromatic heterocycles. The van der Waals surface area contributed by atoms with Gasteiger partial charge in [-0.15, -0.1) is 0 Å². The predicted molar refractivity (Wildman–Crippen MR) is 55.8 cm³/mol. The van der Waals surface area contributed by atoms with Crippen LogP contribution in [0.25, 0.3) is 0 Å². The van der Waals surface area contributed by atoms with Gasteiger partial charge in [-0.2, -0.15) is 11.8 Å². The topological polar surface area (TPSA) is 42.0 Å². The van der Waals surface area contributed by atoms with Gasteiger partial charge >= 0.3 is 0 Å². The van der Waals surface area contributed by atoms with E-state index >= 15 is 0 Å². The van der Waals surface area contributed by atoms with Crippen LogP contribution in [0.1, 0.15) is 6.92 Å². The Hall–Kier alpha value is -1.10. The van der Waals surface area contributed by atoms with Gasteiger partial charge in [0.05, 0.1) is 17.1 Å². The summed E-state index contributed by atoms with van der Waals surface area (Å²) in [4.78, 5) is 15.0. The molecule has 0 aliphatic carbocycles. The summed E-state index contributed by atoms with van der Waals surface area (Å²) in [6.07, 6.45) is 4.33. The minimum atomic E-state index is -0.519. The maximum Gasteiger partial charge on any atom is 0.237 e. The highest BCUT2D eigenvalue weighted by Gasteiger charge is 2.12. The summed E-state index contributed by atoms with van der Waals surface area (Å²) in [5.41, 5.74) is 0.172. The Morgan fingerprint density at radius 3 is 3.00 bits per heavy atom. The maximum atomic E-state index is 13.0. The van der Waals surface area contributed by atoms with E-state index in [1.54, 1.807) is 6.92 Å². The standard InChI is InChI=1S/C9H11FN2OS/c1-6(14-2)9(13)12-8-3-4-11-5-7(8)10/h3-6H,1-2H3,(H,11,12,13). The Morgan fingerprint density at radius 2 is 2.43 bits per heavy atom. The molecule has 1 aromatic rings. The first-order valence-electron chi connectivity index (χ1n) is 4.08. The third-order valence-corrected chi connectivity index (χ3v) is 2.67. The molecule has 3 nitrogen and oxygen atoms in total. The highest BCUT2D eigenvalue weighted by Crippen LogP contribution is 2.13. The number of amides is 1. The summed E-state index contributed by atoms with van der Waals surface area (Å²) >= 11 is 1.41. The van der Waals surface area contributed by atoms with Crippen LogP contribution in [0.5, 0.6) is 0 Å². The molecule has 1 N–H and O–H groups in total. The lowest BCUT2D eigenvalue weighted by molar-refractivity contribution is -0.115. The highest BCUT2D eigenvalue weighted by molar-refractivity contribution is 7.99. The average Bonchev–Trinajstić information content (AvgIpc) is 2.20. The molecule has 0 radical (unpaired) electrons. The number of thioether (sulfide) groups is 1. The molecule has 0 fully saturated rings. The Morgan fingerprint density at radius 1 is 1.71 bits per heavy atom. The monoisotopic (exact) mass is 214 g/mol. The smallest absolute Gasteiger partial charge is 0.237 e. The van der Waals surface area contributed by atoms with Gasteiger partial charge in [-0.25, -0.2) is 4.39 Å². The fourth-order valence-corrected chi connectivity index (χ4v) is 1.09. The number of anilines is 1. The van der Waals surface area contributed by atoms with Crippen LogP contribution in [0.2, 0.25) is 0 Å². The molecule has 1 atom stereocenters. The van der Waals surface area contributed by atoms with Crippen LogP contribution in [-0.2, 0) is 4.79 Å². The fourth-order valence-electron chi connectivity index (χ4n) is 0.818. The number of carbonyl (C=O) groups excluding carboxylic acids is 1. The summed E-state index contributed by atoms with van der Waals surface area (Å²) in [6.45, 7) is 1.76. The molecule has 0 aromatic carbocycles. The minimum absolute atomic E-state index is 0.172. The van der Waals surface area contributed by atoms with Gasteiger partial charge in [-0.1, -0.05) is 0 Å². The summed E-state index contributed by atoms with van der Waals surface area (Å²) in [7, 11) is 0. The molecule has 0 spiro atoms. The molecule has 1 rings (SSSR count). The average molecular weight is 214 g/mol. The lowest BCUT2D eigenvalue weighted by atomic mass is 10.3. The Labute approximate surface area is 86.1 Å². The number of aromatic nitrogens is 1. The number of carbonyl (C=O) groups is 1. The quantitative estimate of drug-likeness (QED) is 0.835. The van der Waals surface area contributed by atoms with Gasteiger partial charge in [0.15, 0.2) is 5.82 Å². The Kier molecular flexibility index (Phi) is 3.88. The fraction of sp³-hybridized carbons (Fsp3) is 0.333. The molecule has 0 aliphatic heterocycles. The molecule has 1 unspecified atom stereocenters. The normalized spacial score (nSPS) is 12.2. The number of pyridine rings is 1. The molecule has 1 amide bonds. The highest BCUT2D eigenvalue weighted by atomic mass is 32.2. The van der Waals surface area contributed by atoms with Crippen molar-refractivity contribution < 1.29 is 9.18 Å². The molecule has 5 heteroatoms. The van der Waals surface area contributed by atoms with E-state index < -0.39 is 5.82 Å². The van der Waals surface area contributed by atoms with E-state index in [9.17, 15) is 9.18 Å². The van der Waals surface area contributed by atoms with Gasteiger partial charge in [0.2, 0.25) is 5.91 Å². The van der Waals surface area contributed by atoms with E-state index in [1.807, 2.05) is 6.26 Å². The first-order valence-corrected chi connectivity index (χ1v) is 5.37. The Balaban J connectivity index is 2.70. The van der Waals surface area contributed by atoms with Crippen LogP contribution in [0.3, 0.4) is 0 Å². The lowest BCUT2D eigenvalue weighted by Gasteiger charge is -2.09. The van der Waals surface area contributed by atoms with Crippen LogP contribution in [-0.4, -0.2) is 22.4 Å². The summed E-state index contributed by atoms with van der Waals surface area (Å²) < 4.78 is 13.0. The van der Waals surface area contributed by atoms with Crippen LogP contribution in [0.4, 0.5) is 10.1 Å². The second-order valence-electron chi connectivity index (χ2n) is 2.72. The van der Waals surface area contributed by atoms with E-state index in [-0.39, 0.29) is 16.8 Å². The van der Waals surface area contributed by atoms with Gasteiger partial charge in [0, 0.05) is 6.20 Å². The Bertz CT molecular complexity index is 332. The van der Waals surface area contributed by atoms with Crippen molar-refractivity contribution in [3.63, 3.8) is 0 Å². The van der Waals surface area contributed by atoms with Gasteiger partial charge in [0.25, 0.3) is 0 Å². The molecule has 0 aliphatic rings. The van der Waals surface area contributed by atoms with Crippen LogP contribution in [0.15, 0.2) is 18.5 Å². The number of nitrogens with one attached hydrogen (secondary N) is 1. The van der Waals surface area contributed by atoms with E-state index in [1.165, 1.54) is 24.0 Å².